The van der Waals surface area contributed by atoms with E-state index in [2.05, 4.69) is 6.92 Å². The maximum Gasteiger partial charge on any atom is 0.138 e. The fourth-order valence-electron chi connectivity index (χ4n) is 1.15. The second kappa shape index (κ2) is 3.48. The maximum absolute atomic E-state index is 9.46. The molecule has 0 aromatic heterocycles. The van der Waals surface area contributed by atoms with Crippen LogP contribution in [0.25, 0.3) is 0 Å². The van der Waals surface area contributed by atoms with Gasteiger partial charge >= 0.3 is 0 Å². The van der Waals surface area contributed by atoms with Gasteiger partial charge in [-0.05, 0) is 24.1 Å². The second-order valence-corrected chi connectivity index (χ2v) is 3.07. The van der Waals surface area contributed by atoms with Crippen LogP contribution in [0.3, 0.4) is 0 Å². The molecule has 0 amide bonds. The Morgan fingerprint density at radius 2 is 2.00 bits per heavy atom. The molecule has 0 heterocycles. The topological polar surface area (TPSA) is 23.5 Å². The van der Waals surface area contributed by atoms with Crippen LogP contribution in [0.2, 0.25) is 0 Å². The van der Waals surface area contributed by atoms with Gasteiger partial charge < -0.3 is 10.0 Å². The molecule has 0 bridgehead atoms. The molecule has 1 aromatic carbocycles. The van der Waals surface area contributed by atoms with Crippen LogP contribution in [-0.2, 0) is 6.42 Å². The van der Waals surface area contributed by atoms with E-state index in [4.69, 9.17) is 0 Å². The largest absolute Gasteiger partial charge is 0.506 e. The Kier molecular flexibility index (Phi) is 2.58. The summed E-state index contributed by atoms with van der Waals surface area (Å²) in [4.78, 5) is 1.91. The molecule has 2 heteroatoms. The van der Waals surface area contributed by atoms with E-state index in [9.17, 15) is 5.11 Å². The standard InChI is InChI=1S/C10H15NO/c1-4-8-5-6-10(12)9(7-8)11(2)3/h5-7,12H,4H2,1-3H3. The average Bonchev–Trinajstić information content (AvgIpc) is 2.05. The molecule has 0 atom stereocenters. The van der Waals surface area contributed by atoms with Gasteiger partial charge in [0.1, 0.15) is 5.75 Å². The lowest BCUT2D eigenvalue weighted by molar-refractivity contribution is 0.475. The van der Waals surface area contributed by atoms with Crippen LogP contribution in [0.15, 0.2) is 18.2 Å². The number of rotatable bonds is 2. The van der Waals surface area contributed by atoms with Gasteiger partial charge in [0.15, 0.2) is 0 Å². The van der Waals surface area contributed by atoms with E-state index in [1.807, 2.05) is 31.1 Å². The van der Waals surface area contributed by atoms with Crippen LogP contribution in [0.1, 0.15) is 12.5 Å². The van der Waals surface area contributed by atoms with Crippen molar-refractivity contribution in [3.05, 3.63) is 23.8 Å². The molecule has 66 valence electrons. The van der Waals surface area contributed by atoms with E-state index in [1.165, 1.54) is 5.56 Å². The van der Waals surface area contributed by atoms with Crippen molar-refractivity contribution in [2.75, 3.05) is 19.0 Å². The van der Waals surface area contributed by atoms with Gasteiger partial charge in [-0.15, -0.1) is 0 Å². The number of anilines is 1. The summed E-state index contributed by atoms with van der Waals surface area (Å²) < 4.78 is 0. The third-order valence-corrected chi connectivity index (χ3v) is 1.93. The zero-order chi connectivity index (χ0) is 9.14. The highest BCUT2D eigenvalue weighted by Crippen LogP contribution is 2.26. The number of aromatic hydroxyl groups is 1. The van der Waals surface area contributed by atoms with Crippen LogP contribution < -0.4 is 4.90 Å². The minimum Gasteiger partial charge on any atom is -0.506 e. The van der Waals surface area contributed by atoms with Crippen LogP contribution in [0, 0.1) is 0 Å². The lowest BCUT2D eigenvalue weighted by atomic mass is 10.1. The minimum atomic E-state index is 0.345. The van der Waals surface area contributed by atoms with E-state index in [-0.39, 0.29) is 0 Å². The van der Waals surface area contributed by atoms with Gasteiger partial charge in [0.05, 0.1) is 5.69 Å². The SMILES string of the molecule is CCc1ccc(O)c(N(C)C)c1. The van der Waals surface area contributed by atoms with E-state index < -0.39 is 0 Å². The molecule has 0 unspecified atom stereocenters. The van der Waals surface area contributed by atoms with Crippen molar-refractivity contribution >= 4 is 5.69 Å². The highest BCUT2D eigenvalue weighted by Gasteiger charge is 2.02. The van der Waals surface area contributed by atoms with E-state index in [1.54, 1.807) is 6.07 Å². The first-order valence-corrected chi connectivity index (χ1v) is 4.14. The molecular formula is C10H15NO. The Morgan fingerprint density at radius 1 is 1.33 bits per heavy atom. The van der Waals surface area contributed by atoms with Crippen molar-refractivity contribution in [1.82, 2.24) is 0 Å². The predicted octanol–water partition coefficient (Wildman–Crippen LogP) is 2.02. The van der Waals surface area contributed by atoms with Gasteiger partial charge in [-0.3, -0.25) is 0 Å². The van der Waals surface area contributed by atoms with Crippen LogP contribution >= 0.6 is 0 Å². The molecule has 2 nitrogen and oxygen atoms in total. The Morgan fingerprint density at radius 3 is 2.50 bits per heavy atom. The number of benzene rings is 1. The van der Waals surface area contributed by atoms with Gasteiger partial charge in [0, 0.05) is 14.1 Å². The molecule has 0 saturated heterocycles. The number of hydrogen-bond acceptors (Lipinski definition) is 2. The molecule has 1 aromatic rings. The number of aryl methyl sites for hydroxylation is 1. The van der Waals surface area contributed by atoms with Gasteiger partial charge in [0.25, 0.3) is 0 Å². The van der Waals surface area contributed by atoms with Gasteiger partial charge in [0.2, 0.25) is 0 Å². The Hall–Kier alpha value is -1.18. The van der Waals surface area contributed by atoms with Crippen molar-refractivity contribution in [3.8, 4) is 5.75 Å². The third kappa shape index (κ3) is 1.70. The molecule has 0 aliphatic heterocycles. The molecule has 0 saturated carbocycles. The molecule has 0 radical (unpaired) electrons. The Bertz CT molecular complexity index is 269. The summed E-state index contributed by atoms with van der Waals surface area (Å²) in [5.41, 5.74) is 2.13. The molecule has 12 heavy (non-hydrogen) atoms. The highest BCUT2D eigenvalue weighted by atomic mass is 16.3. The fourth-order valence-corrected chi connectivity index (χ4v) is 1.15. The fraction of sp³-hybridized carbons (Fsp3) is 0.400. The van der Waals surface area contributed by atoms with Crippen LogP contribution in [0.4, 0.5) is 5.69 Å². The smallest absolute Gasteiger partial charge is 0.138 e. The van der Waals surface area contributed by atoms with Crippen molar-refractivity contribution in [3.63, 3.8) is 0 Å². The van der Waals surface area contributed by atoms with E-state index >= 15 is 0 Å². The van der Waals surface area contributed by atoms with Gasteiger partial charge in [-0.25, -0.2) is 0 Å². The van der Waals surface area contributed by atoms with Crippen molar-refractivity contribution in [2.24, 2.45) is 0 Å². The Labute approximate surface area is 73.4 Å². The molecule has 0 aliphatic rings. The van der Waals surface area contributed by atoms with E-state index in [0.29, 0.717) is 5.75 Å². The number of hydrogen-bond donors (Lipinski definition) is 1. The van der Waals surface area contributed by atoms with Gasteiger partial charge in [-0.1, -0.05) is 13.0 Å². The summed E-state index contributed by atoms with van der Waals surface area (Å²) in [7, 11) is 3.85. The first kappa shape index (κ1) is 8.91. The summed E-state index contributed by atoms with van der Waals surface area (Å²) in [6.07, 6.45) is 1.00. The molecule has 0 spiro atoms. The van der Waals surface area contributed by atoms with Crippen molar-refractivity contribution in [2.45, 2.75) is 13.3 Å². The molecular weight excluding hydrogens is 150 g/mol. The quantitative estimate of drug-likeness (QED) is 0.724. The number of phenolic OH excluding ortho intramolecular Hbond substituents is 1. The summed E-state index contributed by atoms with van der Waals surface area (Å²) in [6, 6.07) is 5.70. The molecule has 0 fully saturated rings. The lowest BCUT2D eigenvalue weighted by Crippen LogP contribution is -2.08. The average molecular weight is 165 g/mol. The minimum absolute atomic E-state index is 0.345. The first-order valence-electron chi connectivity index (χ1n) is 4.14. The zero-order valence-corrected chi connectivity index (χ0v) is 7.83. The number of phenols is 1. The number of nitrogens with zero attached hydrogens (tertiary/aromatic N) is 1. The van der Waals surface area contributed by atoms with Crippen LogP contribution in [0.5, 0.6) is 5.75 Å². The summed E-state index contributed by atoms with van der Waals surface area (Å²) in [5.74, 6) is 0.345. The van der Waals surface area contributed by atoms with E-state index in [0.717, 1.165) is 12.1 Å². The summed E-state index contributed by atoms with van der Waals surface area (Å²) >= 11 is 0. The monoisotopic (exact) mass is 165 g/mol. The molecule has 1 rings (SSSR count). The molecule has 0 aliphatic carbocycles. The zero-order valence-electron chi connectivity index (χ0n) is 7.83. The maximum atomic E-state index is 9.46. The first-order chi connectivity index (χ1) is 5.65. The predicted molar refractivity (Wildman–Crippen MR) is 51.8 cm³/mol. The lowest BCUT2D eigenvalue weighted by Gasteiger charge is -2.14. The highest BCUT2D eigenvalue weighted by molar-refractivity contribution is 5.58. The normalized spacial score (nSPS) is 9.92. The van der Waals surface area contributed by atoms with Crippen molar-refractivity contribution < 1.29 is 5.11 Å². The second-order valence-electron chi connectivity index (χ2n) is 3.07. The summed E-state index contributed by atoms with van der Waals surface area (Å²) in [5, 5.41) is 9.46. The summed E-state index contributed by atoms with van der Waals surface area (Å²) in [6.45, 7) is 2.10. The Balaban J connectivity index is 3.08. The third-order valence-electron chi connectivity index (χ3n) is 1.93. The van der Waals surface area contributed by atoms with Crippen molar-refractivity contribution in [1.29, 1.82) is 0 Å². The van der Waals surface area contributed by atoms with Gasteiger partial charge in [-0.2, -0.15) is 0 Å². The molecule has 1 N–H and O–H groups in total. The van der Waals surface area contributed by atoms with Crippen LogP contribution in [-0.4, -0.2) is 19.2 Å².